The molecule has 0 heterocycles. The maximum atomic E-state index is 11.1. The van der Waals surface area contributed by atoms with Gasteiger partial charge in [0.15, 0.2) is 5.78 Å². The Hall–Kier alpha value is -0.440. The average Bonchev–Trinajstić information content (AvgIpc) is 2.85. The van der Waals surface area contributed by atoms with Crippen molar-refractivity contribution in [2.45, 2.75) is 43.3 Å². The van der Waals surface area contributed by atoms with Crippen molar-refractivity contribution < 1.29 is 4.79 Å². The van der Waals surface area contributed by atoms with Crippen molar-refractivity contribution in [1.82, 2.24) is 5.32 Å². The van der Waals surface area contributed by atoms with E-state index in [1.165, 1.54) is 25.7 Å². The van der Waals surface area contributed by atoms with Gasteiger partial charge in [0.05, 0.1) is 0 Å². The van der Waals surface area contributed by atoms with E-state index in [-0.39, 0.29) is 5.78 Å². The van der Waals surface area contributed by atoms with Crippen molar-refractivity contribution in [3.8, 4) is 0 Å². The first-order valence-corrected chi connectivity index (χ1v) is 6.99. The molecule has 2 nitrogen and oxygen atoms in total. The van der Waals surface area contributed by atoms with E-state index in [2.05, 4.69) is 11.6 Å². The topological polar surface area (TPSA) is 29.1 Å². The highest BCUT2D eigenvalue weighted by molar-refractivity contribution is 8.00. The highest BCUT2D eigenvalue weighted by Crippen LogP contribution is 2.39. The van der Waals surface area contributed by atoms with Crippen LogP contribution in [0.3, 0.4) is 0 Å². The van der Waals surface area contributed by atoms with Crippen LogP contribution in [0.25, 0.3) is 0 Å². The molecule has 2 aliphatic carbocycles. The van der Waals surface area contributed by atoms with E-state index in [9.17, 15) is 4.79 Å². The summed E-state index contributed by atoms with van der Waals surface area (Å²) < 4.78 is 0.437. The monoisotopic (exact) mass is 225 g/mol. The van der Waals surface area contributed by atoms with Crippen LogP contribution in [-0.4, -0.2) is 23.3 Å². The third-order valence-electron chi connectivity index (χ3n) is 3.56. The molecule has 1 N–H and O–H groups in total. The number of ketones is 1. The zero-order valence-corrected chi connectivity index (χ0v) is 10.2. The fraction of sp³-hybridized carbons (Fsp3) is 0.750. The van der Waals surface area contributed by atoms with E-state index in [0.29, 0.717) is 11.2 Å². The standard InChI is InChI=1S/C12H19NOS/c1-15-12(6-2-3-7-12)9-13-10-4-5-11(14)8-10/h8,13H,2-7,9H2,1H3. The molecule has 2 aliphatic rings. The smallest absolute Gasteiger partial charge is 0.157 e. The number of rotatable bonds is 4. The molecule has 0 amide bonds. The van der Waals surface area contributed by atoms with E-state index in [4.69, 9.17) is 0 Å². The summed E-state index contributed by atoms with van der Waals surface area (Å²) in [4.78, 5) is 11.1. The summed E-state index contributed by atoms with van der Waals surface area (Å²) >= 11 is 1.99. The van der Waals surface area contributed by atoms with E-state index in [0.717, 1.165) is 18.7 Å². The van der Waals surface area contributed by atoms with Gasteiger partial charge in [0.25, 0.3) is 0 Å². The lowest BCUT2D eigenvalue weighted by atomic mass is 10.1. The molecule has 0 aromatic rings. The van der Waals surface area contributed by atoms with Crippen LogP contribution in [0.5, 0.6) is 0 Å². The highest BCUT2D eigenvalue weighted by Gasteiger charge is 2.32. The maximum absolute atomic E-state index is 11.1. The number of hydrogen-bond donors (Lipinski definition) is 1. The van der Waals surface area contributed by atoms with Crippen LogP contribution in [0.4, 0.5) is 0 Å². The first-order chi connectivity index (χ1) is 7.24. The molecule has 2 rings (SSSR count). The van der Waals surface area contributed by atoms with Gasteiger partial charge in [0.2, 0.25) is 0 Å². The van der Waals surface area contributed by atoms with Crippen molar-refractivity contribution in [2.24, 2.45) is 0 Å². The van der Waals surface area contributed by atoms with Crippen LogP contribution in [0.1, 0.15) is 38.5 Å². The molecular weight excluding hydrogens is 206 g/mol. The third-order valence-corrected chi connectivity index (χ3v) is 4.98. The molecule has 1 saturated carbocycles. The van der Waals surface area contributed by atoms with Crippen LogP contribution < -0.4 is 5.32 Å². The van der Waals surface area contributed by atoms with Gasteiger partial charge in [-0.25, -0.2) is 0 Å². The summed E-state index contributed by atoms with van der Waals surface area (Å²) in [5, 5.41) is 3.47. The first-order valence-electron chi connectivity index (χ1n) is 5.77. The lowest BCUT2D eigenvalue weighted by Gasteiger charge is -2.27. The summed E-state index contributed by atoms with van der Waals surface area (Å²) in [7, 11) is 0. The number of thioether (sulfide) groups is 1. The third kappa shape index (κ3) is 2.57. The average molecular weight is 225 g/mol. The number of nitrogens with one attached hydrogen (secondary N) is 1. The fourth-order valence-electron chi connectivity index (χ4n) is 2.48. The minimum atomic E-state index is 0.280. The molecule has 84 valence electrons. The second-order valence-corrected chi connectivity index (χ2v) is 5.86. The maximum Gasteiger partial charge on any atom is 0.157 e. The molecule has 0 saturated heterocycles. The zero-order chi connectivity index (χ0) is 10.7. The van der Waals surface area contributed by atoms with E-state index >= 15 is 0 Å². The summed E-state index contributed by atoms with van der Waals surface area (Å²) in [6.07, 6.45) is 11.0. The number of carbonyl (C=O) groups is 1. The molecule has 0 atom stereocenters. The molecule has 0 aliphatic heterocycles. The van der Waals surface area contributed by atoms with Crippen molar-refractivity contribution >= 4 is 17.5 Å². The molecule has 0 spiro atoms. The normalized spacial score (nSPS) is 24.3. The lowest BCUT2D eigenvalue weighted by Crippen LogP contribution is -2.34. The van der Waals surface area contributed by atoms with Gasteiger partial charge in [-0.05, 0) is 25.5 Å². The molecule has 1 fully saturated rings. The summed E-state index contributed by atoms with van der Waals surface area (Å²) in [6, 6.07) is 0. The van der Waals surface area contributed by atoms with E-state index in [1.807, 2.05) is 11.8 Å². The second kappa shape index (κ2) is 4.60. The van der Waals surface area contributed by atoms with Crippen molar-refractivity contribution in [3.63, 3.8) is 0 Å². The van der Waals surface area contributed by atoms with Crippen LogP contribution >= 0.6 is 11.8 Å². The van der Waals surface area contributed by atoms with Crippen LogP contribution in [0.2, 0.25) is 0 Å². The molecule has 0 aromatic carbocycles. The molecule has 0 bridgehead atoms. The molecule has 15 heavy (non-hydrogen) atoms. The summed E-state index contributed by atoms with van der Waals surface area (Å²) in [5.74, 6) is 0.280. The number of allylic oxidation sites excluding steroid dienone is 2. The first kappa shape index (κ1) is 11.1. The molecule has 3 heteroatoms. The predicted octanol–water partition coefficient (Wildman–Crippen LogP) is 2.50. The van der Waals surface area contributed by atoms with E-state index in [1.54, 1.807) is 6.08 Å². The largest absolute Gasteiger partial charge is 0.387 e. The van der Waals surface area contributed by atoms with Crippen LogP contribution in [0.15, 0.2) is 11.8 Å². The Balaban J connectivity index is 1.86. The molecule has 0 aromatic heterocycles. The van der Waals surface area contributed by atoms with Gasteiger partial charge < -0.3 is 5.32 Å². The Morgan fingerprint density at radius 3 is 2.67 bits per heavy atom. The fourth-order valence-corrected chi connectivity index (χ4v) is 3.40. The number of hydrogen-bond acceptors (Lipinski definition) is 3. The number of carbonyl (C=O) groups excluding carboxylic acids is 1. The van der Waals surface area contributed by atoms with Crippen molar-refractivity contribution in [1.29, 1.82) is 0 Å². The zero-order valence-electron chi connectivity index (χ0n) is 9.34. The van der Waals surface area contributed by atoms with Crippen LogP contribution in [-0.2, 0) is 4.79 Å². The quantitative estimate of drug-likeness (QED) is 0.797. The molecular formula is C12H19NOS. The Labute approximate surface area is 95.9 Å². The van der Waals surface area contributed by atoms with Crippen LogP contribution in [0, 0.1) is 0 Å². The predicted molar refractivity (Wildman–Crippen MR) is 65.0 cm³/mol. The van der Waals surface area contributed by atoms with Gasteiger partial charge in [-0.15, -0.1) is 0 Å². The van der Waals surface area contributed by atoms with Crippen molar-refractivity contribution in [3.05, 3.63) is 11.8 Å². The van der Waals surface area contributed by atoms with Gasteiger partial charge >= 0.3 is 0 Å². The van der Waals surface area contributed by atoms with Gasteiger partial charge in [-0.2, -0.15) is 11.8 Å². The summed E-state index contributed by atoms with van der Waals surface area (Å²) in [6.45, 7) is 1.03. The van der Waals surface area contributed by atoms with Gasteiger partial charge in [0.1, 0.15) is 0 Å². The second-order valence-electron chi connectivity index (χ2n) is 4.58. The Kier molecular flexibility index (Phi) is 3.39. The minimum Gasteiger partial charge on any atom is -0.387 e. The van der Waals surface area contributed by atoms with Gasteiger partial charge in [-0.1, -0.05) is 12.8 Å². The minimum absolute atomic E-state index is 0.280. The Morgan fingerprint density at radius 2 is 2.13 bits per heavy atom. The van der Waals surface area contributed by atoms with Gasteiger partial charge in [0, 0.05) is 29.5 Å². The highest BCUT2D eigenvalue weighted by atomic mass is 32.2. The van der Waals surface area contributed by atoms with Gasteiger partial charge in [-0.3, -0.25) is 4.79 Å². The Bertz CT molecular complexity index is 279. The lowest BCUT2D eigenvalue weighted by molar-refractivity contribution is -0.114. The Morgan fingerprint density at radius 1 is 1.40 bits per heavy atom. The van der Waals surface area contributed by atoms with E-state index < -0.39 is 0 Å². The molecule has 0 radical (unpaired) electrons. The summed E-state index contributed by atoms with van der Waals surface area (Å²) in [5.41, 5.74) is 1.15. The molecule has 0 unspecified atom stereocenters. The SMILES string of the molecule is CSC1(CNC2=CC(=O)CC2)CCCC1. The van der Waals surface area contributed by atoms with Crippen molar-refractivity contribution in [2.75, 3.05) is 12.8 Å².